The molecule has 0 aliphatic rings. The van der Waals surface area contributed by atoms with Gasteiger partial charge >= 0.3 is 12.1 Å². The van der Waals surface area contributed by atoms with E-state index in [-0.39, 0.29) is 6.42 Å². The van der Waals surface area contributed by atoms with Gasteiger partial charge in [0.25, 0.3) is 5.60 Å². The highest BCUT2D eigenvalue weighted by Gasteiger charge is 2.44. The number of esters is 1. The lowest BCUT2D eigenvalue weighted by atomic mass is 9.96. The minimum absolute atomic E-state index is 0.0275. The van der Waals surface area contributed by atoms with E-state index in [2.05, 4.69) is 4.74 Å². The molecule has 0 saturated heterocycles. The molecule has 1 atom stereocenters. The lowest BCUT2D eigenvalue weighted by Gasteiger charge is -2.25. The maximum absolute atomic E-state index is 11.9. The second-order valence-electron chi connectivity index (χ2n) is 4.68. The van der Waals surface area contributed by atoms with Gasteiger partial charge in [0, 0.05) is 20.5 Å². The van der Waals surface area contributed by atoms with Gasteiger partial charge in [-0.05, 0) is 12.0 Å². The Bertz CT molecular complexity index is 536. The molecule has 112 valence electrons. The van der Waals surface area contributed by atoms with E-state index in [4.69, 9.17) is 4.74 Å². The number of hydrogen-bond donors (Lipinski definition) is 0. The maximum atomic E-state index is 11.9. The average molecular weight is 290 g/mol. The zero-order valence-electron chi connectivity index (χ0n) is 12.3. The van der Waals surface area contributed by atoms with Gasteiger partial charge < -0.3 is 14.4 Å². The predicted octanol–water partition coefficient (Wildman–Crippen LogP) is 1.75. The van der Waals surface area contributed by atoms with Crippen LogP contribution in [0.4, 0.5) is 4.79 Å². The highest BCUT2D eigenvalue weighted by Crippen LogP contribution is 2.21. The summed E-state index contributed by atoms with van der Waals surface area (Å²) < 4.78 is 9.69. The van der Waals surface area contributed by atoms with E-state index in [1.807, 2.05) is 30.3 Å². The third-order valence-electron chi connectivity index (χ3n) is 2.93. The highest BCUT2D eigenvalue weighted by molar-refractivity contribution is 5.86. The van der Waals surface area contributed by atoms with Crippen LogP contribution in [0.3, 0.4) is 0 Å². The topological polar surface area (TPSA) is 79.6 Å². The number of hydrogen-bond acceptors (Lipinski definition) is 5. The highest BCUT2D eigenvalue weighted by atomic mass is 16.6. The predicted molar refractivity (Wildman–Crippen MR) is 75.3 cm³/mol. The van der Waals surface area contributed by atoms with E-state index in [1.54, 1.807) is 6.07 Å². The lowest BCUT2D eigenvalue weighted by Crippen LogP contribution is -2.45. The third kappa shape index (κ3) is 4.21. The molecule has 6 heteroatoms. The van der Waals surface area contributed by atoms with Gasteiger partial charge in [0.05, 0.1) is 7.11 Å². The van der Waals surface area contributed by atoms with Gasteiger partial charge in [-0.3, -0.25) is 0 Å². The molecule has 0 spiro atoms. The van der Waals surface area contributed by atoms with Crippen molar-refractivity contribution in [1.29, 1.82) is 5.26 Å². The SMILES string of the molecule is COC(=O)[C@@](C#N)(CCc1ccccc1)OC(=O)N(C)C. The van der Waals surface area contributed by atoms with E-state index in [9.17, 15) is 14.9 Å². The molecule has 0 heterocycles. The van der Waals surface area contributed by atoms with Crippen molar-refractivity contribution in [2.45, 2.75) is 18.4 Å². The summed E-state index contributed by atoms with van der Waals surface area (Å²) in [6, 6.07) is 11.1. The fourth-order valence-electron chi connectivity index (χ4n) is 1.69. The Labute approximate surface area is 123 Å². The number of benzene rings is 1. The molecule has 0 bridgehead atoms. The quantitative estimate of drug-likeness (QED) is 0.772. The van der Waals surface area contributed by atoms with Crippen molar-refractivity contribution < 1.29 is 19.1 Å². The summed E-state index contributed by atoms with van der Waals surface area (Å²) in [7, 11) is 4.10. The van der Waals surface area contributed by atoms with E-state index in [1.165, 1.54) is 14.1 Å². The molecule has 0 unspecified atom stereocenters. The van der Waals surface area contributed by atoms with Crippen LogP contribution in [0, 0.1) is 11.3 Å². The molecule has 0 N–H and O–H groups in total. The molecule has 0 aliphatic carbocycles. The average Bonchev–Trinajstić information content (AvgIpc) is 2.51. The summed E-state index contributed by atoms with van der Waals surface area (Å²) >= 11 is 0. The maximum Gasteiger partial charge on any atom is 0.411 e. The molecule has 0 radical (unpaired) electrons. The smallest absolute Gasteiger partial charge is 0.411 e. The monoisotopic (exact) mass is 290 g/mol. The van der Waals surface area contributed by atoms with E-state index in [0.717, 1.165) is 17.6 Å². The van der Waals surface area contributed by atoms with Crippen molar-refractivity contribution >= 4 is 12.1 Å². The zero-order valence-corrected chi connectivity index (χ0v) is 12.3. The second kappa shape index (κ2) is 7.29. The molecule has 1 rings (SSSR count). The number of nitriles is 1. The number of rotatable bonds is 5. The van der Waals surface area contributed by atoms with E-state index < -0.39 is 17.7 Å². The Morgan fingerprint density at radius 2 is 1.90 bits per heavy atom. The molecule has 0 aromatic heterocycles. The Kier molecular flexibility index (Phi) is 5.73. The van der Waals surface area contributed by atoms with Crippen molar-refractivity contribution in [2.24, 2.45) is 0 Å². The molecule has 1 aromatic rings. The van der Waals surface area contributed by atoms with Gasteiger partial charge in [-0.1, -0.05) is 30.3 Å². The lowest BCUT2D eigenvalue weighted by molar-refractivity contribution is -0.157. The van der Waals surface area contributed by atoms with Crippen molar-refractivity contribution in [3.05, 3.63) is 35.9 Å². The zero-order chi connectivity index (χ0) is 15.9. The minimum atomic E-state index is -1.94. The van der Waals surface area contributed by atoms with Crippen LogP contribution in [0.1, 0.15) is 12.0 Å². The summed E-state index contributed by atoms with van der Waals surface area (Å²) in [5.74, 6) is -0.879. The summed E-state index contributed by atoms with van der Waals surface area (Å²) in [6.07, 6.45) is -0.334. The fraction of sp³-hybridized carbons (Fsp3) is 0.400. The van der Waals surface area contributed by atoms with Crippen LogP contribution in [0.5, 0.6) is 0 Å². The standard InChI is InChI=1S/C15H18N2O4/c1-17(2)14(19)21-15(11-16,13(18)20-3)10-9-12-7-5-4-6-8-12/h4-8H,9-10H2,1-3H3/t15-/m0/s1. The van der Waals surface area contributed by atoms with Gasteiger partial charge in [0.1, 0.15) is 6.07 Å². The van der Waals surface area contributed by atoms with Crippen LogP contribution in [0.15, 0.2) is 30.3 Å². The molecule has 21 heavy (non-hydrogen) atoms. The van der Waals surface area contributed by atoms with Crippen LogP contribution in [0.25, 0.3) is 0 Å². The van der Waals surface area contributed by atoms with E-state index in [0.29, 0.717) is 6.42 Å². The van der Waals surface area contributed by atoms with Crippen LogP contribution >= 0.6 is 0 Å². The van der Waals surface area contributed by atoms with Crippen molar-refractivity contribution in [3.8, 4) is 6.07 Å². The molecule has 6 nitrogen and oxygen atoms in total. The van der Waals surface area contributed by atoms with Gasteiger partial charge in [-0.25, -0.2) is 9.59 Å². The van der Waals surface area contributed by atoms with Gasteiger partial charge in [0.15, 0.2) is 0 Å². The Morgan fingerprint density at radius 3 is 2.38 bits per heavy atom. The Morgan fingerprint density at radius 1 is 1.29 bits per heavy atom. The summed E-state index contributed by atoms with van der Waals surface area (Å²) in [4.78, 5) is 24.7. The van der Waals surface area contributed by atoms with Gasteiger partial charge in [-0.2, -0.15) is 5.26 Å². The largest absolute Gasteiger partial charge is 0.465 e. The second-order valence-corrected chi connectivity index (χ2v) is 4.68. The first-order valence-electron chi connectivity index (χ1n) is 6.39. The molecule has 0 fully saturated rings. The number of carbonyl (C=O) groups is 2. The summed E-state index contributed by atoms with van der Waals surface area (Å²) in [5.41, 5.74) is -1.01. The van der Waals surface area contributed by atoms with Crippen LogP contribution < -0.4 is 0 Å². The number of ether oxygens (including phenoxy) is 2. The number of carbonyl (C=O) groups excluding carboxylic acids is 2. The number of nitrogens with zero attached hydrogens (tertiary/aromatic N) is 2. The summed E-state index contributed by atoms with van der Waals surface area (Å²) in [6.45, 7) is 0. The molecule has 1 aromatic carbocycles. The molecular weight excluding hydrogens is 272 g/mol. The number of methoxy groups -OCH3 is 1. The molecule has 0 saturated carbocycles. The fourth-order valence-corrected chi connectivity index (χ4v) is 1.69. The van der Waals surface area contributed by atoms with Crippen LogP contribution in [-0.4, -0.2) is 43.8 Å². The van der Waals surface area contributed by atoms with Gasteiger partial charge in [-0.15, -0.1) is 0 Å². The first-order valence-corrected chi connectivity index (χ1v) is 6.39. The normalized spacial score (nSPS) is 12.7. The number of amides is 1. The minimum Gasteiger partial charge on any atom is -0.465 e. The third-order valence-corrected chi connectivity index (χ3v) is 2.93. The van der Waals surface area contributed by atoms with Crippen molar-refractivity contribution in [1.82, 2.24) is 4.90 Å². The van der Waals surface area contributed by atoms with Crippen molar-refractivity contribution in [3.63, 3.8) is 0 Å². The number of aryl methyl sites for hydroxylation is 1. The van der Waals surface area contributed by atoms with Crippen LogP contribution in [0.2, 0.25) is 0 Å². The van der Waals surface area contributed by atoms with Gasteiger partial charge in [0.2, 0.25) is 0 Å². The molecule has 1 amide bonds. The first-order chi connectivity index (χ1) is 9.95. The van der Waals surface area contributed by atoms with E-state index >= 15 is 0 Å². The Balaban J connectivity index is 2.93. The van der Waals surface area contributed by atoms with Crippen LogP contribution in [-0.2, 0) is 20.7 Å². The Hall–Kier alpha value is -2.55. The van der Waals surface area contributed by atoms with Crippen molar-refractivity contribution in [2.75, 3.05) is 21.2 Å². The molecule has 0 aliphatic heterocycles. The molecular formula is C15H18N2O4. The first kappa shape index (κ1) is 16.5. The summed E-state index contributed by atoms with van der Waals surface area (Å²) in [5, 5.41) is 9.34.